The molecule has 3 rings (SSSR count). The number of hydrogen-bond donors (Lipinski definition) is 3. The molecule has 3 amide bonds. The van der Waals surface area contributed by atoms with Gasteiger partial charge >= 0.3 is 6.03 Å². The number of urea groups is 1. The summed E-state index contributed by atoms with van der Waals surface area (Å²) in [6.45, 7) is 1.92. The van der Waals surface area contributed by atoms with Crippen molar-refractivity contribution in [3.8, 4) is 0 Å². The second-order valence-corrected chi connectivity index (χ2v) is 8.13. The molecule has 0 saturated carbocycles. The summed E-state index contributed by atoms with van der Waals surface area (Å²) in [5, 5.41) is 10.9. The van der Waals surface area contributed by atoms with Crippen LogP contribution in [-0.2, 0) is 11.2 Å². The van der Waals surface area contributed by atoms with Crippen molar-refractivity contribution >= 4 is 67.3 Å². The maximum Gasteiger partial charge on any atom is 0.325 e. The molecule has 3 aromatic rings. The van der Waals surface area contributed by atoms with Gasteiger partial charge in [0.1, 0.15) is 0 Å². The highest BCUT2D eigenvalue weighted by Crippen LogP contribution is 2.21. The van der Waals surface area contributed by atoms with Crippen LogP contribution in [0.3, 0.4) is 0 Å². The van der Waals surface area contributed by atoms with E-state index in [0.29, 0.717) is 21.5 Å². The zero-order valence-corrected chi connectivity index (χ0v) is 17.9. The van der Waals surface area contributed by atoms with Gasteiger partial charge in [0.05, 0.1) is 12.1 Å². The van der Waals surface area contributed by atoms with Gasteiger partial charge in [-0.3, -0.25) is 10.1 Å². The molecule has 0 bridgehead atoms. The average molecular weight is 480 g/mol. The smallest absolute Gasteiger partial charge is 0.325 e. The molecule has 144 valence electrons. The normalized spacial score (nSPS) is 10.4. The van der Waals surface area contributed by atoms with Gasteiger partial charge in [0.2, 0.25) is 5.91 Å². The first-order chi connectivity index (χ1) is 13.4. The summed E-state index contributed by atoms with van der Waals surface area (Å²) in [6, 6.07) is 12.0. The SMILES string of the molecule is Cc1cc(Br)ccc1NC(=O)Cc1csc(NC(=O)Nc2cccc(Cl)c2)n1. The number of rotatable bonds is 5. The number of thiazole rings is 1. The van der Waals surface area contributed by atoms with Crippen LogP contribution in [0.5, 0.6) is 0 Å². The van der Waals surface area contributed by atoms with Crippen LogP contribution in [0.4, 0.5) is 21.3 Å². The topological polar surface area (TPSA) is 83.1 Å². The third kappa shape index (κ3) is 5.79. The number of nitrogens with one attached hydrogen (secondary N) is 3. The first-order valence-corrected chi connectivity index (χ1v) is 10.3. The fourth-order valence-electron chi connectivity index (χ4n) is 2.40. The molecule has 0 aliphatic heterocycles. The number of benzene rings is 2. The number of halogens is 2. The molecule has 0 atom stereocenters. The van der Waals surface area contributed by atoms with Crippen molar-refractivity contribution in [2.45, 2.75) is 13.3 Å². The second-order valence-electron chi connectivity index (χ2n) is 5.92. The molecular weight excluding hydrogens is 464 g/mol. The molecule has 0 aliphatic carbocycles. The highest BCUT2D eigenvalue weighted by atomic mass is 79.9. The number of aromatic nitrogens is 1. The van der Waals surface area contributed by atoms with Gasteiger partial charge in [-0.25, -0.2) is 9.78 Å². The maximum atomic E-state index is 12.3. The van der Waals surface area contributed by atoms with Crippen molar-refractivity contribution in [1.82, 2.24) is 4.98 Å². The quantitative estimate of drug-likeness (QED) is 0.439. The van der Waals surface area contributed by atoms with Crippen LogP contribution < -0.4 is 16.0 Å². The molecule has 1 aromatic heterocycles. The number of aryl methyl sites for hydroxylation is 1. The fraction of sp³-hybridized carbons (Fsp3) is 0.105. The standard InChI is InChI=1S/C19H16BrClN4O2S/c1-11-7-12(20)5-6-16(11)24-17(26)9-15-10-28-19(23-15)25-18(27)22-14-4-2-3-13(21)8-14/h2-8,10H,9H2,1H3,(H,24,26)(H2,22,23,25,27). The molecule has 0 saturated heterocycles. The lowest BCUT2D eigenvalue weighted by Crippen LogP contribution is -2.19. The highest BCUT2D eigenvalue weighted by Gasteiger charge is 2.11. The molecule has 0 fully saturated rings. The minimum atomic E-state index is -0.432. The monoisotopic (exact) mass is 478 g/mol. The van der Waals surface area contributed by atoms with E-state index in [-0.39, 0.29) is 12.3 Å². The largest absolute Gasteiger partial charge is 0.326 e. The number of hydrogen-bond acceptors (Lipinski definition) is 4. The Labute approximate surface area is 179 Å². The molecule has 6 nitrogen and oxygen atoms in total. The van der Waals surface area contributed by atoms with Crippen LogP contribution in [0.25, 0.3) is 0 Å². The molecule has 28 heavy (non-hydrogen) atoms. The molecule has 0 radical (unpaired) electrons. The lowest BCUT2D eigenvalue weighted by molar-refractivity contribution is -0.115. The fourth-order valence-corrected chi connectivity index (χ4v) is 3.77. The third-order valence-corrected chi connectivity index (χ3v) is 5.19. The lowest BCUT2D eigenvalue weighted by Gasteiger charge is -2.08. The molecular formula is C19H16BrClN4O2S. The van der Waals surface area contributed by atoms with Crippen molar-refractivity contribution < 1.29 is 9.59 Å². The molecule has 1 heterocycles. The first-order valence-electron chi connectivity index (χ1n) is 8.23. The number of amides is 3. The van der Waals surface area contributed by atoms with Crippen molar-refractivity contribution in [2.24, 2.45) is 0 Å². The van der Waals surface area contributed by atoms with Gasteiger partial charge in [0.15, 0.2) is 5.13 Å². The van der Waals surface area contributed by atoms with Gasteiger partial charge in [0.25, 0.3) is 0 Å². The van der Waals surface area contributed by atoms with E-state index in [1.807, 2.05) is 25.1 Å². The van der Waals surface area contributed by atoms with Gasteiger partial charge < -0.3 is 10.6 Å². The van der Waals surface area contributed by atoms with E-state index in [1.54, 1.807) is 29.6 Å². The first kappa shape index (κ1) is 20.3. The number of carbonyl (C=O) groups excluding carboxylic acids is 2. The predicted octanol–water partition coefficient (Wildman–Crippen LogP) is 5.69. The lowest BCUT2D eigenvalue weighted by atomic mass is 10.2. The Balaban J connectivity index is 1.54. The van der Waals surface area contributed by atoms with Crippen LogP contribution in [0.2, 0.25) is 5.02 Å². The van der Waals surface area contributed by atoms with Crippen LogP contribution in [0, 0.1) is 6.92 Å². The van der Waals surface area contributed by atoms with E-state index in [9.17, 15) is 9.59 Å². The van der Waals surface area contributed by atoms with Crippen molar-refractivity contribution in [2.75, 3.05) is 16.0 Å². The molecule has 0 spiro atoms. The molecule has 3 N–H and O–H groups in total. The van der Waals surface area contributed by atoms with Crippen LogP contribution >= 0.6 is 38.9 Å². The van der Waals surface area contributed by atoms with Gasteiger partial charge in [-0.15, -0.1) is 11.3 Å². The summed E-state index contributed by atoms with van der Waals surface area (Å²) in [6.07, 6.45) is 0.115. The number of nitrogens with zero attached hydrogens (tertiary/aromatic N) is 1. The Kier molecular flexibility index (Phi) is 6.66. The maximum absolute atomic E-state index is 12.3. The summed E-state index contributed by atoms with van der Waals surface area (Å²) in [5.41, 5.74) is 2.87. The minimum absolute atomic E-state index is 0.115. The van der Waals surface area contributed by atoms with Gasteiger partial charge in [0, 0.05) is 26.3 Å². The number of carbonyl (C=O) groups is 2. The Bertz CT molecular complexity index is 1020. The van der Waals surface area contributed by atoms with Crippen LogP contribution in [0.15, 0.2) is 52.3 Å². The zero-order chi connectivity index (χ0) is 20.1. The van der Waals surface area contributed by atoms with E-state index in [1.165, 1.54) is 11.3 Å². The van der Waals surface area contributed by atoms with Crippen LogP contribution in [-0.4, -0.2) is 16.9 Å². The van der Waals surface area contributed by atoms with Gasteiger partial charge in [-0.1, -0.05) is 33.6 Å². The van der Waals surface area contributed by atoms with Crippen LogP contribution in [0.1, 0.15) is 11.3 Å². The average Bonchev–Trinajstić information content (AvgIpc) is 3.04. The summed E-state index contributed by atoms with van der Waals surface area (Å²) in [7, 11) is 0. The predicted molar refractivity (Wildman–Crippen MR) is 117 cm³/mol. The molecule has 2 aromatic carbocycles. The highest BCUT2D eigenvalue weighted by molar-refractivity contribution is 9.10. The van der Waals surface area contributed by atoms with Gasteiger partial charge in [-0.2, -0.15) is 0 Å². The van der Waals surface area contributed by atoms with Crippen molar-refractivity contribution in [3.05, 3.63) is 68.6 Å². The summed E-state index contributed by atoms with van der Waals surface area (Å²) >= 11 is 10.5. The summed E-state index contributed by atoms with van der Waals surface area (Å²) in [4.78, 5) is 28.6. The Morgan fingerprint density at radius 3 is 2.71 bits per heavy atom. The van der Waals surface area contributed by atoms with E-state index in [0.717, 1.165) is 15.7 Å². The van der Waals surface area contributed by atoms with Crippen molar-refractivity contribution in [3.63, 3.8) is 0 Å². The molecule has 9 heteroatoms. The Morgan fingerprint density at radius 1 is 1.14 bits per heavy atom. The molecule has 0 unspecified atom stereocenters. The molecule has 0 aliphatic rings. The zero-order valence-electron chi connectivity index (χ0n) is 14.8. The Morgan fingerprint density at radius 2 is 1.96 bits per heavy atom. The van der Waals surface area contributed by atoms with Gasteiger partial charge in [-0.05, 0) is 48.9 Å². The third-order valence-electron chi connectivity index (χ3n) is 3.66. The van der Waals surface area contributed by atoms with E-state index >= 15 is 0 Å². The second kappa shape index (κ2) is 9.18. The van der Waals surface area contributed by atoms with Crippen molar-refractivity contribution in [1.29, 1.82) is 0 Å². The van der Waals surface area contributed by atoms with E-state index < -0.39 is 6.03 Å². The summed E-state index contributed by atoms with van der Waals surface area (Å²) < 4.78 is 0.953. The minimum Gasteiger partial charge on any atom is -0.326 e. The Hall–Kier alpha value is -2.42. The van der Waals surface area contributed by atoms with E-state index in [4.69, 9.17) is 11.6 Å². The number of anilines is 3. The summed E-state index contributed by atoms with van der Waals surface area (Å²) in [5.74, 6) is -0.175. The van der Waals surface area contributed by atoms with E-state index in [2.05, 4.69) is 36.9 Å².